The third kappa shape index (κ3) is 2.86. The van der Waals surface area contributed by atoms with E-state index in [1.54, 1.807) is 24.3 Å². The minimum absolute atomic E-state index is 0.314. The SMILES string of the molecule is COc1ccc(Cl)cc1C(=O)Nc1c(C)cccc1N. The van der Waals surface area contributed by atoms with Crippen molar-refractivity contribution in [2.75, 3.05) is 18.2 Å². The molecule has 0 saturated heterocycles. The van der Waals surface area contributed by atoms with Crippen LogP contribution in [0.1, 0.15) is 15.9 Å². The Hall–Kier alpha value is -2.20. The van der Waals surface area contributed by atoms with E-state index in [-0.39, 0.29) is 5.91 Å². The van der Waals surface area contributed by atoms with Gasteiger partial charge in [-0.3, -0.25) is 4.79 Å². The number of carbonyl (C=O) groups is 1. The van der Waals surface area contributed by atoms with E-state index in [0.717, 1.165) is 5.56 Å². The molecule has 0 aliphatic carbocycles. The van der Waals surface area contributed by atoms with Crippen molar-refractivity contribution in [2.45, 2.75) is 6.92 Å². The number of nitrogen functional groups attached to an aromatic ring is 1. The van der Waals surface area contributed by atoms with Crippen LogP contribution in [-0.2, 0) is 0 Å². The number of benzene rings is 2. The maximum Gasteiger partial charge on any atom is 0.259 e. The quantitative estimate of drug-likeness (QED) is 0.851. The molecule has 0 aliphatic rings. The maximum atomic E-state index is 12.3. The van der Waals surface area contributed by atoms with Gasteiger partial charge in [0.15, 0.2) is 0 Å². The number of halogens is 1. The third-order valence-electron chi connectivity index (χ3n) is 2.95. The summed E-state index contributed by atoms with van der Waals surface area (Å²) < 4.78 is 5.17. The van der Waals surface area contributed by atoms with Gasteiger partial charge in [-0.25, -0.2) is 0 Å². The molecule has 0 atom stereocenters. The standard InChI is InChI=1S/C15H15ClN2O2/c1-9-4-3-5-12(17)14(9)18-15(19)11-8-10(16)6-7-13(11)20-2/h3-8H,17H2,1-2H3,(H,18,19). The molecule has 5 heteroatoms. The first-order valence-electron chi connectivity index (χ1n) is 6.03. The van der Waals surface area contributed by atoms with Gasteiger partial charge in [-0.15, -0.1) is 0 Å². The highest BCUT2D eigenvalue weighted by Gasteiger charge is 2.15. The summed E-state index contributed by atoms with van der Waals surface area (Å²) in [5.41, 5.74) is 8.24. The molecular weight excluding hydrogens is 276 g/mol. The van der Waals surface area contributed by atoms with Gasteiger partial charge in [-0.2, -0.15) is 0 Å². The topological polar surface area (TPSA) is 64.3 Å². The number of nitrogens with two attached hydrogens (primary N) is 1. The molecule has 2 aromatic rings. The Labute approximate surface area is 122 Å². The van der Waals surface area contributed by atoms with Crippen LogP contribution in [0.15, 0.2) is 36.4 Å². The van der Waals surface area contributed by atoms with E-state index >= 15 is 0 Å². The maximum absolute atomic E-state index is 12.3. The fraction of sp³-hybridized carbons (Fsp3) is 0.133. The summed E-state index contributed by atoms with van der Waals surface area (Å²) in [6, 6.07) is 10.3. The fourth-order valence-corrected chi connectivity index (χ4v) is 2.07. The van der Waals surface area contributed by atoms with Crippen molar-refractivity contribution < 1.29 is 9.53 Å². The molecule has 0 radical (unpaired) electrons. The van der Waals surface area contributed by atoms with Crippen molar-refractivity contribution in [3.05, 3.63) is 52.5 Å². The van der Waals surface area contributed by atoms with E-state index in [9.17, 15) is 4.79 Å². The summed E-state index contributed by atoms with van der Waals surface area (Å²) in [6.07, 6.45) is 0. The molecule has 0 spiro atoms. The molecular formula is C15H15ClN2O2. The van der Waals surface area contributed by atoms with E-state index in [4.69, 9.17) is 22.1 Å². The van der Waals surface area contributed by atoms with Crippen LogP contribution >= 0.6 is 11.6 Å². The van der Waals surface area contributed by atoms with Crippen LogP contribution in [0.4, 0.5) is 11.4 Å². The number of carbonyl (C=O) groups excluding carboxylic acids is 1. The Kier molecular flexibility index (Phi) is 4.15. The van der Waals surface area contributed by atoms with Crippen LogP contribution in [0.5, 0.6) is 5.75 Å². The Bertz CT molecular complexity index is 636. The zero-order valence-electron chi connectivity index (χ0n) is 11.2. The molecule has 4 nitrogen and oxygen atoms in total. The van der Waals surface area contributed by atoms with E-state index in [1.807, 2.05) is 19.1 Å². The van der Waals surface area contributed by atoms with E-state index in [2.05, 4.69) is 5.32 Å². The first-order valence-corrected chi connectivity index (χ1v) is 6.40. The van der Waals surface area contributed by atoms with Crippen molar-refractivity contribution in [3.8, 4) is 5.75 Å². The number of para-hydroxylation sites is 1. The minimum atomic E-state index is -0.314. The Morgan fingerprint density at radius 1 is 1.30 bits per heavy atom. The highest BCUT2D eigenvalue weighted by molar-refractivity contribution is 6.31. The second-order valence-corrected chi connectivity index (χ2v) is 4.77. The molecule has 0 saturated carbocycles. The minimum Gasteiger partial charge on any atom is -0.496 e. The summed E-state index contributed by atoms with van der Waals surface area (Å²) in [6.45, 7) is 1.88. The van der Waals surface area contributed by atoms with Crippen molar-refractivity contribution in [2.24, 2.45) is 0 Å². The van der Waals surface area contributed by atoms with Gasteiger partial charge in [0.05, 0.1) is 24.0 Å². The van der Waals surface area contributed by atoms with Gasteiger partial charge in [-0.1, -0.05) is 23.7 Å². The lowest BCUT2D eigenvalue weighted by Gasteiger charge is -2.13. The normalized spacial score (nSPS) is 10.2. The Morgan fingerprint density at radius 2 is 2.05 bits per heavy atom. The van der Waals surface area contributed by atoms with Gasteiger partial charge >= 0.3 is 0 Å². The fourth-order valence-electron chi connectivity index (χ4n) is 1.90. The lowest BCUT2D eigenvalue weighted by molar-refractivity contribution is 0.102. The number of aryl methyl sites for hydroxylation is 1. The molecule has 3 N–H and O–H groups in total. The van der Waals surface area contributed by atoms with Crippen LogP contribution in [0, 0.1) is 6.92 Å². The molecule has 0 unspecified atom stereocenters. The Morgan fingerprint density at radius 3 is 2.70 bits per heavy atom. The van der Waals surface area contributed by atoms with Crippen LogP contribution in [-0.4, -0.2) is 13.0 Å². The van der Waals surface area contributed by atoms with E-state index in [0.29, 0.717) is 27.7 Å². The smallest absolute Gasteiger partial charge is 0.259 e. The van der Waals surface area contributed by atoms with Crippen molar-refractivity contribution in [3.63, 3.8) is 0 Å². The number of methoxy groups -OCH3 is 1. The van der Waals surface area contributed by atoms with Gasteiger partial charge in [0.25, 0.3) is 5.91 Å². The molecule has 1 amide bonds. The number of ether oxygens (including phenoxy) is 1. The highest BCUT2D eigenvalue weighted by atomic mass is 35.5. The summed E-state index contributed by atoms with van der Waals surface area (Å²) in [5.74, 6) is 0.143. The third-order valence-corrected chi connectivity index (χ3v) is 3.18. The van der Waals surface area contributed by atoms with E-state index in [1.165, 1.54) is 7.11 Å². The van der Waals surface area contributed by atoms with Crippen LogP contribution < -0.4 is 15.8 Å². The predicted octanol–water partition coefficient (Wildman–Crippen LogP) is 3.49. The Balaban J connectivity index is 2.35. The molecule has 0 aromatic heterocycles. The van der Waals surface area contributed by atoms with Gasteiger partial charge < -0.3 is 15.8 Å². The molecule has 0 heterocycles. The zero-order valence-corrected chi connectivity index (χ0v) is 12.0. The average molecular weight is 291 g/mol. The lowest BCUT2D eigenvalue weighted by atomic mass is 10.1. The second kappa shape index (κ2) is 5.84. The van der Waals surface area contributed by atoms with Crippen molar-refractivity contribution in [1.82, 2.24) is 0 Å². The molecule has 20 heavy (non-hydrogen) atoms. The summed E-state index contributed by atoms with van der Waals surface area (Å²) in [7, 11) is 1.50. The number of rotatable bonds is 3. The zero-order chi connectivity index (χ0) is 14.7. The van der Waals surface area contributed by atoms with E-state index < -0.39 is 0 Å². The van der Waals surface area contributed by atoms with Crippen molar-refractivity contribution in [1.29, 1.82) is 0 Å². The molecule has 104 valence electrons. The number of nitrogens with one attached hydrogen (secondary N) is 1. The average Bonchev–Trinajstić information content (AvgIpc) is 2.43. The molecule has 2 rings (SSSR count). The molecule has 0 fully saturated rings. The first-order chi connectivity index (χ1) is 9.52. The summed E-state index contributed by atoms with van der Waals surface area (Å²) in [5, 5.41) is 3.26. The van der Waals surface area contributed by atoms with Crippen LogP contribution in [0.2, 0.25) is 5.02 Å². The number of anilines is 2. The van der Waals surface area contributed by atoms with Crippen LogP contribution in [0.3, 0.4) is 0 Å². The van der Waals surface area contributed by atoms with Crippen LogP contribution in [0.25, 0.3) is 0 Å². The van der Waals surface area contributed by atoms with Gasteiger partial charge in [0.2, 0.25) is 0 Å². The largest absolute Gasteiger partial charge is 0.496 e. The van der Waals surface area contributed by atoms with Gasteiger partial charge in [-0.05, 0) is 36.8 Å². The number of amides is 1. The highest BCUT2D eigenvalue weighted by Crippen LogP contribution is 2.27. The van der Waals surface area contributed by atoms with Gasteiger partial charge in [0.1, 0.15) is 5.75 Å². The van der Waals surface area contributed by atoms with Crippen molar-refractivity contribution >= 4 is 28.9 Å². The predicted molar refractivity (Wildman–Crippen MR) is 81.5 cm³/mol. The first kappa shape index (κ1) is 14.2. The lowest BCUT2D eigenvalue weighted by Crippen LogP contribution is -2.15. The molecule has 0 aliphatic heterocycles. The monoisotopic (exact) mass is 290 g/mol. The summed E-state index contributed by atoms with van der Waals surface area (Å²) in [4.78, 5) is 12.3. The molecule has 0 bridgehead atoms. The summed E-state index contributed by atoms with van der Waals surface area (Å²) >= 11 is 5.92. The number of hydrogen-bond acceptors (Lipinski definition) is 3. The molecule has 2 aromatic carbocycles. The second-order valence-electron chi connectivity index (χ2n) is 4.34. The number of hydrogen-bond donors (Lipinski definition) is 2. The van der Waals surface area contributed by atoms with Gasteiger partial charge in [0, 0.05) is 5.02 Å².